The molecule has 2 N–H and O–H groups in total. The molecule has 0 aliphatic heterocycles. The molecule has 0 aromatic heterocycles. The number of hydrogen-bond donors (Lipinski definition) is 1. The maximum absolute atomic E-state index is 9.22. The van der Waals surface area contributed by atoms with Crippen LogP contribution in [0.5, 0.6) is 11.5 Å². The molecule has 4 nitrogen and oxygen atoms in total. The summed E-state index contributed by atoms with van der Waals surface area (Å²) in [7, 11) is 3.32. The highest BCUT2D eigenvalue weighted by atomic mass is 16.5. The van der Waals surface area contributed by atoms with Crippen LogP contribution in [0.1, 0.15) is 6.92 Å². The number of rotatable bonds is 2. The average Bonchev–Trinajstić information content (AvgIpc) is 2.49. The summed E-state index contributed by atoms with van der Waals surface area (Å²) in [6.07, 6.45) is 0. The molecule has 0 bridgehead atoms. The second-order valence-corrected chi connectivity index (χ2v) is 3.65. The Balaban J connectivity index is 0.000000289. The van der Waals surface area contributed by atoms with Crippen LogP contribution in [-0.2, 0) is 4.79 Å². The zero-order chi connectivity index (χ0) is 15.2. The van der Waals surface area contributed by atoms with Crippen LogP contribution in [0, 0.1) is 0 Å². The fourth-order valence-electron chi connectivity index (χ4n) is 1.11. The summed E-state index contributed by atoms with van der Waals surface area (Å²) >= 11 is 0. The predicted octanol–water partition coefficient (Wildman–Crippen LogP) is 2.88. The summed E-state index contributed by atoms with van der Waals surface area (Å²) < 4.78 is 9.83. The van der Waals surface area contributed by atoms with E-state index in [0.717, 1.165) is 11.5 Å². The molecule has 0 aliphatic carbocycles. The van der Waals surface area contributed by atoms with Crippen molar-refractivity contribution < 1.29 is 14.3 Å². The third-order valence-corrected chi connectivity index (χ3v) is 1.96. The van der Waals surface area contributed by atoms with Crippen molar-refractivity contribution in [3.05, 3.63) is 60.7 Å². The lowest BCUT2D eigenvalue weighted by Crippen LogP contribution is -2.01. The second-order valence-electron chi connectivity index (χ2n) is 3.65. The van der Waals surface area contributed by atoms with Crippen molar-refractivity contribution >= 4 is 5.91 Å². The van der Waals surface area contributed by atoms with Gasteiger partial charge in [-0.1, -0.05) is 36.4 Å². The Kier molecular flexibility index (Phi) is 10.1. The molecule has 108 valence electrons. The van der Waals surface area contributed by atoms with Crippen LogP contribution in [0.3, 0.4) is 0 Å². The number of hydrogen-bond acceptors (Lipinski definition) is 3. The van der Waals surface area contributed by atoms with E-state index in [9.17, 15) is 4.79 Å². The third-order valence-electron chi connectivity index (χ3n) is 1.96. The molecular weight excluding hydrogens is 254 g/mol. The number of carbonyl (C=O) groups excluding carboxylic acids is 1. The van der Waals surface area contributed by atoms with Crippen molar-refractivity contribution in [1.29, 1.82) is 0 Å². The summed E-state index contributed by atoms with van der Waals surface area (Å²) in [5, 5.41) is 0. The van der Waals surface area contributed by atoms with Crippen molar-refractivity contribution in [3.8, 4) is 11.5 Å². The molecule has 1 amide bonds. The lowest BCUT2D eigenvalue weighted by molar-refractivity contribution is -0.115. The van der Waals surface area contributed by atoms with E-state index in [0.29, 0.717) is 0 Å². The van der Waals surface area contributed by atoms with Gasteiger partial charge in [0, 0.05) is 6.92 Å². The van der Waals surface area contributed by atoms with E-state index < -0.39 is 0 Å². The maximum Gasteiger partial charge on any atom is 0.214 e. The van der Waals surface area contributed by atoms with Gasteiger partial charge in [0.25, 0.3) is 0 Å². The SMILES string of the molecule is CC(N)=O.COc1ccccc1.COc1ccccc1. The van der Waals surface area contributed by atoms with Crippen LogP contribution < -0.4 is 15.2 Å². The van der Waals surface area contributed by atoms with E-state index in [1.165, 1.54) is 6.92 Å². The van der Waals surface area contributed by atoms with Crippen LogP contribution in [0.15, 0.2) is 60.7 Å². The standard InChI is InChI=1S/2C7H8O.C2H5NO/c2*1-8-7-5-3-2-4-6-7;1-2(3)4/h2*2-6H,1H3;1H3,(H2,3,4). The first kappa shape index (κ1) is 17.5. The molecule has 4 heteroatoms. The lowest BCUT2D eigenvalue weighted by Gasteiger charge is -1.93. The molecule has 0 heterocycles. The third kappa shape index (κ3) is 10.7. The van der Waals surface area contributed by atoms with Crippen molar-refractivity contribution in [2.45, 2.75) is 6.92 Å². The Morgan fingerprint density at radius 1 is 0.800 bits per heavy atom. The normalized spacial score (nSPS) is 8.15. The molecule has 0 radical (unpaired) electrons. The molecule has 0 saturated carbocycles. The van der Waals surface area contributed by atoms with Gasteiger partial charge in [0.2, 0.25) is 5.91 Å². The highest BCUT2D eigenvalue weighted by Gasteiger charge is 1.80. The number of methoxy groups -OCH3 is 2. The van der Waals surface area contributed by atoms with Gasteiger partial charge < -0.3 is 15.2 Å². The number of benzene rings is 2. The fraction of sp³-hybridized carbons (Fsp3) is 0.188. The summed E-state index contributed by atoms with van der Waals surface area (Å²) in [6.45, 7) is 1.31. The van der Waals surface area contributed by atoms with Crippen molar-refractivity contribution in [1.82, 2.24) is 0 Å². The van der Waals surface area contributed by atoms with Gasteiger partial charge in [0.1, 0.15) is 11.5 Å². The largest absolute Gasteiger partial charge is 0.497 e. The van der Waals surface area contributed by atoms with E-state index in [2.05, 4.69) is 5.73 Å². The molecule has 2 rings (SSSR count). The average molecular weight is 275 g/mol. The first-order valence-corrected chi connectivity index (χ1v) is 6.04. The molecule has 2 aromatic rings. The van der Waals surface area contributed by atoms with Gasteiger partial charge in [0.15, 0.2) is 0 Å². The number of carbonyl (C=O) groups is 1. The van der Waals surface area contributed by atoms with Crippen molar-refractivity contribution in [2.75, 3.05) is 14.2 Å². The molecule has 0 spiro atoms. The minimum Gasteiger partial charge on any atom is -0.497 e. The van der Waals surface area contributed by atoms with Gasteiger partial charge in [0.05, 0.1) is 14.2 Å². The van der Waals surface area contributed by atoms with Gasteiger partial charge in [-0.3, -0.25) is 4.79 Å². The van der Waals surface area contributed by atoms with Crippen molar-refractivity contribution in [3.63, 3.8) is 0 Å². The summed E-state index contributed by atoms with van der Waals surface area (Å²) in [5.41, 5.74) is 4.47. The van der Waals surface area contributed by atoms with Gasteiger partial charge in [-0.15, -0.1) is 0 Å². The van der Waals surface area contributed by atoms with Crippen molar-refractivity contribution in [2.24, 2.45) is 5.73 Å². The van der Waals surface area contributed by atoms with Crippen LogP contribution >= 0.6 is 0 Å². The van der Waals surface area contributed by atoms with Gasteiger partial charge >= 0.3 is 0 Å². The molecule has 0 saturated heterocycles. The number of para-hydroxylation sites is 2. The van der Waals surface area contributed by atoms with Gasteiger partial charge in [-0.25, -0.2) is 0 Å². The van der Waals surface area contributed by atoms with E-state index in [1.807, 2.05) is 60.7 Å². The zero-order valence-electron chi connectivity index (χ0n) is 12.1. The predicted molar refractivity (Wildman–Crippen MR) is 80.9 cm³/mol. The summed E-state index contributed by atoms with van der Waals surface area (Å²) in [6, 6.07) is 19.4. The number of amides is 1. The highest BCUT2D eigenvalue weighted by molar-refractivity contribution is 5.70. The molecule has 0 atom stereocenters. The Morgan fingerprint density at radius 3 is 1.20 bits per heavy atom. The topological polar surface area (TPSA) is 61.6 Å². The Labute approximate surface area is 120 Å². The summed E-state index contributed by atoms with van der Waals surface area (Å²) in [5.74, 6) is 1.49. The zero-order valence-corrected chi connectivity index (χ0v) is 12.1. The minimum atomic E-state index is -0.333. The van der Waals surface area contributed by atoms with E-state index in [1.54, 1.807) is 14.2 Å². The summed E-state index contributed by atoms with van der Waals surface area (Å²) in [4.78, 5) is 9.22. The Morgan fingerprint density at radius 2 is 1.05 bits per heavy atom. The van der Waals surface area contributed by atoms with Crippen LogP contribution in [0.2, 0.25) is 0 Å². The van der Waals surface area contributed by atoms with Crippen LogP contribution in [0.4, 0.5) is 0 Å². The highest BCUT2D eigenvalue weighted by Crippen LogP contribution is 2.06. The lowest BCUT2D eigenvalue weighted by atomic mass is 10.3. The number of primary amides is 1. The molecular formula is C16H21NO3. The van der Waals surface area contributed by atoms with Gasteiger partial charge in [-0.05, 0) is 24.3 Å². The first-order valence-electron chi connectivity index (χ1n) is 6.04. The molecule has 0 unspecified atom stereocenters. The van der Waals surface area contributed by atoms with Gasteiger partial charge in [-0.2, -0.15) is 0 Å². The molecule has 2 aromatic carbocycles. The second kappa shape index (κ2) is 11.6. The molecule has 20 heavy (non-hydrogen) atoms. The van der Waals surface area contributed by atoms with E-state index in [-0.39, 0.29) is 5.91 Å². The number of nitrogens with two attached hydrogens (primary N) is 1. The monoisotopic (exact) mass is 275 g/mol. The number of ether oxygens (including phenoxy) is 2. The first-order chi connectivity index (χ1) is 9.60. The fourth-order valence-corrected chi connectivity index (χ4v) is 1.11. The Bertz CT molecular complexity index is 414. The molecule has 0 aliphatic rings. The minimum absolute atomic E-state index is 0.333. The smallest absolute Gasteiger partial charge is 0.214 e. The van der Waals surface area contributed by atoms with Crippen LogP contribution in [0.25, 0.3) is 0 Å². The Hall–Kier alpha value is -2.49. The maximum atomic E-state index is 9.22. The quantitative estimate of drug-likeness (QED) is 0.916. The van der Waals surface area contributed by atoms with E-state index in [4.69, 9.17) is 9.47 Å². The molecule has 0 fully saturated rings. The van der Waals surface area contributed by atoms with E-state index >= 15 is 0 Å². The van der Waals surface area contributed by atoms with Crippen LogP contribution in [-0.4, -0.2) is 20.1 Å².